The van der Waals surface area contributed by atoms with E-state index in [1.54, 1.807) is 38.1 Å². The van der Waals surface area contributed by atoms with Crippen LogP contribution in [0.4, 0.5) is 0 Å². The molecule has 0 saturated carbocycles. The minimum Gasteiger partial charge on any atom is -0.460 e. The van der Waals surface area contributed by atoms with Gasteiger partial charge in [0.2, 0.25) is 0 Å². The molecule has 1 aromatic rings. The van der Waals surface area contributed by atoms with Crippen LogP contribution in [0, 0.1) is 0 Å². The van der Waals surface area contributed by atoms with Crippen LogP contribution in [0.1, 0.15) is 31.9 Å². The molecule has 0 bridgehead atoms. The largest absolute Gasteiger partial charge is 0.460 e. The third kappa shape index (κ3) is 3.22. The number of esters is 1. The molecule has 0 amide bonds. The minimum atomic E-state index is -0.899. The summed E-state index contributed by atoms with van der Waals surface area (Å²) in [6.07, 6.45) is -1.21. The average molecular weight is 243 g/mol. The maximum Gasteiger partial charge on any atom is 0.305 e. The normalized spacial score (nSPS) is 14.2. The highest BCUT2D eigenvalue weighted by Gasteiger charge is 2.21. The zero-order valence-corrected chi connectivity index (χ0v) is 10.1. The van der Waals surface area contributed by atoms with Gasteiger partial charge < -0.3 is 9.84 Å². The van der Waals surface area contributed by atoms with Crippen molar-refractivity contribution in [2.75, 3.05) is 0 Å². The lowest BCUT2D eigenvalue weighted by atomic mass is 10.1. The molecule has 1 N–H and O–H groups in total. The molecule has 0 aliphatic heterocycles. The van der Waals surface area contributed by atoms with Gasteiger partial charge in [0.25, 0.3) is 0 Å². The lowest BCUT2D eigenvalue weighted by molar-refractivity contribution is -0.153. The maximum atomic E-state index is 11.1. The van der Waals surface area contributed by atoms with E-state index >= 15 is 0 Å². The van der Waals surface area contributed by atoms with Gasteiger partial charge in [-0.3, -0.25) is 4.79 Å². The Labute approximate surface area is 100.0 Å². The number of hydrogen-bond acceptors (Lipinski definition) is 3. The predicted molar refractivity (Wildman–Crippen MR) is 62.3 cm³/mol. The molecule has 3 nitrogen and oxygen atoms in total. The highest BCUT2D eigenvalue weighted by atomic mass is 35.5. The summed E-state index contributed by atoms with van der Waals surface area (Å²) in [5.74, 6) is -0.335. The number of halogens is 1. The lowest BCUT2D eigenvalue weighted by Gasteiger charge is -2.20. The van der Waals surface area contributed by atoms with E-state index in [9.17, 15) is 9.90 Å². The van der Waals surface area contributed by atoms with E-state index in [2.05, 4.69) is 0 Å². The summed E-state index contributed by atoms with van der Waals surface area (Å²) in [5.41, 5.74) is 0.570. The molecule has 0 saturated heterocycles. The molecule has 2 atom stereocenters. The summed E-state index contributed by atoms with van der Waals surface area (Å²) in [4.78, 5) is 11.1. The fourth-order valence-electron chi connectivity index (χ4n) is 1.32. The van der Waals surface area contributed by atoms with E-state index in [0.717, 1.165) is 0 Å². The molecule has 0 spiro atoms. The first kappa shape index (κ1) is 13.0. The molecule has 4 heteroatoms. The second-order valence-corrected chi connectivity index (χ2v) is 3.92. The summed E-state index contributed by atoms with van der Waals surface area (Å²) in [5, 5.41) is 10.4. The predicted octanol–water partition coefficient (Wildman–Crippen LogP) is 2.72. The third-order valence-electron chi connectivity index (χ3n) is 2.27. The molecule has 88 valence electrons. The molecular formula is C12H15ClO3. The standard InChI is InChI=1S/C12H15ClO3/c1-3-11(14)16-8(2)12(15)9-6-4-5-7-10(9)13/h4-8,12,15H,3H2,1-2H3. The molecule has 0 heterocycles. The highest BCUT2D eigenvalue weighted by molar-refractivity contribution is 6.31. The number of rotatable bonds is 4. The van der Waals surface area contributed by atoms with Crippen LogP contribution in [0.3, 0.4) is 0 Å². The molecule has 0 aliphatic rings. The fourth-order valence-corrected chi connectivity index (χ4v) is 1.57. The van der Waals surface area contributed by atoms with Crippen LogP contribution in [-0.2, 0) is 9.53 Å². The zero-order chi connectivity index (χ0) is 12.1. The lowest BCUT2D eigenvalue weighted by Crippen LogP contribution is -2.22. The second kappa shape index (κ2) is 5.87. The van der Waals surface area contributed by atoms with Gasteiger partial charge in [-0.25, -0.2) is 0 Å². The SMILES string of the molecule is CCC(=O)OC(C)C(O)c1ccccc1Cl. The van der Waals surface area contributed by atoms with E-state index in [0.29, 0.717) is 17.0 Å². The van der Waals surface area contributed by atoms with Crippen molar-refractivity contribution in [3.63, 3.8) is 0 Å². The summed E-state index contributed by atoms with van der Waals surface area (Å²) in [6.45, 7) is 3.35. The van der Waals surface area contributed by atoms with Crippen LogP contribution in [-0.4, -0.2) is 17.2 Å². The molecule has 0 fully saturated rings. The molecule has 1 rings (SSSR count). The van der Waals surface area contributed by atoms with Crippen LogP contribution >= 0.6 is 11.6 Å². The first-order valence-electron chi connectivity index (χ1n) is 5.18. The van der Waals surface area contributed by atoms with Gasteiger partial charge in [0, 0.05) is 17.0 Å². The van der Waals surface area contributed by atoms with E-state index in [1.807, 2.05) is 0 Å². The van der Waals surface area contributed by atoms with E-state index in [4.69, 9.17) is 16.3 Å². The Kier molecular flexibility index (Phi) is 4.77. The molecular weight excluding hydrogens is 228 g/mol. The topological polar surface area (TPSA) is 46.5 Å². The number of ether oxygens (including phenoxy) is 1. The van der Waals surface area contributed by atoms with Gasteiger partial charge in [0.05, 0.1) is 0 Å². The molecule has 1 aromatic carbocycles. The van der Waals surface area contributed by atoms with Gasteiger partial charge in [-0.15, -0.1) is 0 Å². The van der Waals surface area contributed by atoms with Gasteiger partial charge >= 0.3 is 5.97 Å². The number of carbonyl (C=O) groups excluding carboxylic acids is 1. The summed E-state index contributed by atoms with van der Waals surface area (Å²) < 4.78 is 5.02. The van der Waals surface area contributed by atoms with E-state index in [1.165, 1.54) is 0 Å². The van der Waals surface area contributed by atoms with Crippen LogP contribution in [0.2, 0.25) is 5.02 Å². The number of carbonyl (C=O) groups is 1. The number of aliphatic hydroxyl groups excluding tert-OH is 1. The third-order valence-corrected chi connectivity index (χ3v) is 2.62. The number of hydrogen-bond donors (Lipinski definition) is 1. The minimum absolute atomic E-state index is 0.291. The Morgan fingerprint density at radius 1 is 1.50 bits per heavy atom. The van der Waals surface area contributed by atoms with Crippen LogP contribution < -0.4 is 0 Å². The van der Waals surface area contributed by atoms with Crippen molar-refractivity contribution in [1.82, 2.24) is 0 Å². The van der Waals surface area contributed by atoms with Crippen molar-refractivity contribution < 1.29 is 14.6 Å². The summed E-state index contributed by atoms with van der Waals surface area (Å²) in [6, 6.07) is 6.96. The second-order valence-electron chi connectivity index (χ2n) is 3.51. The Morgan fingerprint density at radius 3 is 2.69 bits per heavy atom. The van der Waals surface area contributed by atoms with Crippen molar-refractivity contribution in [2.45, 2.75) is 32.5 Å². The monoisotopic (exact) mass is 242 g/mol. The van der Waals surface area contributed by atoms with E-state index < -0.39 is 12.2 Å². The summed E-state index contributed by atoms with van der Waals surface area (Å²) >= 11 is 5.93. The summed E-state index contributed by atoms with van der Waals surface area (Å²) in [7, 11) is 0. The molecule has 2 unspecified atom stereocenters. The average Bonchev–Trinajstić information content (AvgIpc) is 2.28. The van der Waals surface area contributed by atoms with Gasteiger partial charge in [-0.1, -0.05) is 36.7 Å². The maximum absolute atomic E-state index is 11.1. The molecule has 0 radical (unpaired) electrons. The number of aliphatic hydroxyl groups is 1. The van der Waals surface area contributed by atoms with Gasteiger partial charge in [0.1, 0.15) is 12.2 Å². The van der Waals surface area contributed by atoms with Crippen molar-refractivity contribution in [3.05, 3.63) is 34.9 Å². The molecule has 0 aliphatic carbocycles. The van der Waals surface area contributed by atoms with Crippen molar-refractivity contribution in [1.29, 1.82) is 0 Å². The van der Waals surface area contributed by atoms with E-state index in [-0.39, 0.29) is 5.97 Å². The fraction of sp³-hybridized carbons (Fsp3) is 0.417. The Bertz CT molecular complexity index is 365. The first-order chi connectivity index (χ1) is 7.56. The smallest absolute Gasteiger partial charge is 0.305 e. The van der Waals surface area contributed by atoms with Gasteiger partial charge in [-0.2, -0.15) is 0 Å². The van der Waals surface area contributed by atoms with Crippen molar-refractivity contribution in [3.8, 4) is 0 Å². The van der Waals surface area contributed by atoms with Gasteiger partial charge in [0.15, 0.2) is 0 Å². The van der Waals surface area contributed by atoms with Gasteiger partial charge in [-0.05, 0) is 13.0 Å². The Morgan fingerprint density at radius 2 is 2.12 bits per heavy atom. The zero-order valence-electron chi connectivity index (χ0n) is 9.31. The van der Waals surface area contributed by atoms with Crippen LogP contribution in [0.25, 0.3) is 0 Å². The first-order valence-corrected chi connectivity index (χ1v) is 5.56. The Balaban J connectivity index is 2.74. The molecule has 16 heavy (non-hydrogen) atoms. The number of benzene rings is 1. The quantitative estimate of drug-likeness (QED) is 0.826. The van der Waals surface area contributed by atoms with Crippen LogP contribution in [0.15, 0.2) is 24.3 Å². The Hall–Kier alpha value is -1.06. The van der Waals surface area contributed by atoms with Crippen molar-refractivity contribution >= 4 is 17.6 Å². The van der Waals surface area contributed by atoms with Crippen LogP contribution in [0.5, 0.6) is 0 Å². The molecule has 0 aromatic heterocycles. The highest BCUT2D eigenvalue weighted by Crippen LogP contribution is 2.26. The van der Waals surface area contributed by atoms with Crippen molar-refractivity contribution in [2.24, 2.45) is 0 Å².